The van der Waals surface area contributed by atoms with Crippen molar-refractivity contribution in [2.45, 2.75) is 6.18 Å². The largest absolute Gasteiger partial charge is 0.496 e. The molecule has 5 nitrogen and oxygen atoms in total. The Bertz CT molecular complexity index is 1260. The lowest BCUT2D eigenvalue weighted by molar-refractivity contribution is -0.137. The molecule has 8 heteroatoms. The normalized spacial score (nSPS) is 11.5. The van der Waals surface area contributed by atoms with Crippen LogP contribution in [0, 0.1) is 0 Å². The Balaban J connectivity index is 1.75. The summed E-state index contributed by atoms with van der Waals surface area (Å²) in [7, 11) is 1.50. The van der Waals surface area contributed by atoms with Gasteiger partial charge in [0.1, 0.15) is 17.2 Å². The molecule has 2 N–H and O–H groups in total. The molecule has 0 aliphatic carbocycles. The Morgan fingerprint density at radius 2 is 1.65 bits per heavy atom. The van der Waals surface area contributed by atoms with E-state index in [9.17, 15) is 23.1 Å². The van der Waals surface area contributed by atoms with Gasteiger partial charge in [-0.15, -0.1) is 0 Å². The number of carbonyl (C=O) groups is 1. The third-order valence-electron chi connectivity index (χ3n) is 4.78. The van der Waals surface area contributed by atoms with E-state index in [-0.39, 0.29) is 11.3 Å². The van der Waals surface area contributed by atoms with Crippen molar-refractivity contribution < 1.29 is 32.5 Å². The highest BCUT2D eigenvalue weighted by atomic mass is 19.4. The van der Waals surface area contributed by atoms with Gasteiger partial charge in [-0.25, -0.2) is 4.79 Å². The molecule has 0 aliphatic heterocycles. The maximum Gasteiger partial charge on any atom is 0.416 e. The summed E-state index contributed by atoms with van der Waals surface area (Å²) >= 11 is 0. The van der Waals surface area contributed by atoms with Crippen molar-refractivity contribution in [1.82, 2.24) is 4.98 Å². The summed E-state index contributed by atoms with van der Waals surface area (Å²) in [6.07, 6.45) is -4.44. The van der Waals surface area contributed by atoms with Gasteiger partial charge >= 0.3 is 12.1 Å². The van der Waals surface area contributed by atoms with Crippen LogP contribution in [0.25, 0.3) is 22.2 Å². The van der Waals surface area contributed by atoms with Crippen LogP contribution in [0.4, 0.5) is 13.2 Å². The van der Waals surface area contributed by atoms with E-state index < -0.39 is 17.7 Å². The van der Waals surface area contributed by atoms with Crippen LogP contribution in [0.3, 0.4) is 0 Å². The molecule has 0 amide bonds. The maximum absolute atomic E-state index is 12.7. The van der Waals surface area contributed by atoms with Crippen molar-refractivity contribution in [2.75, 3.05) is 7.11 Å². The number of H-pyrrole nitrogens is 1. The molecule has 0 atom stereocenters. The summed E-state index contributed by atoms with van der Waals surface area (Å²) in [5.41, 5.74) is 0.793. The Hall–Kier alpha value is -3.94. The molecule has 0 aliphatic rings. The first-order chi connectivity index (χ1) is 14.8. The second-order valence-corrected chi connectivity index (χ2v) is 6.71. The molecule has 4 rings (SSSR count). The van der Waals surface area contributed by atoms with Crippen LogP contribution < -0.4 is 9.47 Å². The van der Waals surface area contributed by atoms with E-state index in [1.165, 1.54) is 25.3 Å². The van der Waals surface area contributed by atoms with Crippen molar-refractivity contribution in [3.63, 3.8) is 0 Å². The number of methoxy groups -OCH3 is 1. The average Bonchev–Trinajstić information content (AvgIpc) is 3.12. The maximum atomic E-state index is 12.7. The van der Waals surface area contributed by atoms with E-state index in [0.717, 1.165) is 12.1 Å². The Labute approximate surface area is 174 Å². The van der Waals surface area contributed by atoms with Gasteiger partial charge in [-0.2, -0.15) is 13.2 Å². The van der Waals surface area contributed by atoms with Gasteiger partial charge < -0.3 is 19.6 Å². The molecule has 158 valence electrons. The zero-order valence-electron chi connectivity index (χ0n) is 16.2. The van der Waals surface area contributed by atoms with Crippen molar-refractivity contribution in [2.24, 2.45) is 0 Å². The molecular formula is C23H16F3NO4. The van der Waals surface area contributed by atoms with Crippen molar-refractivity contribution in [1.29, 1.82) is 0 Å². The van der Waals surface area contributed by atoms with Gasteiger partial charge in [0.05, 0.1) is 23.9 Å². The van der Waals surface area contributed by atoms with Crippen LogP contribution >= 0.6 is 0 Å². The van der Waals surface area contributed by atoms with Crippen LogP contribution in [0.15, 0.2) is 66.7 Å². The van der Waals surface area contributed by atoms with Gasteiger partial charge in [0, 0.05) is 16.5 Å². The van der Waals surface area contributed by atoms with Crippen LogP contribution in [0.1, 0.15) is 15.9 Å². The third kappa shape index (κ3) is 3.92. The van der Waals surface area contributed by atoms with Gasteiger partial charge in [-0.3, -0.25) is 0 Å². The highest BCUT2D eigenvalue weighted by molar-refractivity contribution is 6.10. The predicted octanol–water partition coefficient (Wildman–Crippen LogP) is 6.35. The third-order valence-corrected chi connectivity index (χ3v) is 4.78. The van der Waals surface area contributed by atoms with Crippen LogP contribution in [0.2, 0.25) is 0 Å². The number of hydrogen-bond acceptors (Lipinski definition) is 3. The standard InChI is InChI=1S/C23H16F3NO4/c1-30-19-5-3-2-4-16(19)21-20(22(28)29)17-12-15(10-11-18(17)27-21)31-14-8-6-13(7-9-14)23(24,25)26/h2-12,27H,1H3,(H,28,29). The number of aromatic nitrogens is 1. The second-order valence-electron chi connectivity index (χ2n) is 6.71. The summed E-state index contributed by atoms with van der Waals surface area (Å²) in [5, 5.41) is 10.3. The number of benzene rings is 3. The minimum atomic E-state index is -4.44. The number of carboxylic acid groups (broad SMARTS) is 1. The monoisotopic (exact) mass is 427 g/mol. The highest BCUT2D eigenvalue weighted by Crippen LogP contribution is 2.38. The lowest BCUT2D eigenvalue weighted by atomic mass is 10.0. The molecule has 0 bridgehead atoms. The summed E-state index contributed by atoms with van der Waals surface area (Å²) in [4.78, 5) is 15.2. The smallest absolute Gasteiger partial charge is 0.416 e. The summed E-state index contributed by atoms with van der Waals surface area (Å²) < 4.78 is 49.2. The number of ether oxygens (including phenoxy) is 2. The van der Waals surface area contributed by atoms with Crippen LogP contribution in [-0.2, 0) is 6.18 Å². The highest BCUT2D eigenvalue weighted by Gasteiger charge is 2.30. The first-order valence-corrected chi connectivity index (χ1v) is 9.15. The van der Waals surface area contributed by atoms with Gasteiger partial charge in [0.25, 0.3) is 0 Å². The molecule has 0 unspecified atom stereocenters. The van der Waals surface area contributed by atoms with Gasteiger partial charge in [-0.1, -0.05) is 12.1 Å². The molecule has 0 saturated carbocycles. The molecule has 4 aromatic rings. The second kappa shape index (κ2) is 7.71. The quantitative estimate of drug-likeness (QED) is 0.389. The van der Waals surface area contributed by atoms with E-state index in [2.05, 4.69) is 4.98 Å². The average molecular weight is 427 g/mol. The van der Waals surface area contributed by atoms with E-state index in [0.29, 0.717) is 33.7 Å². The molecule has 0 fully saturated rings. The molecule has 1 aromatic heterocycles. The summed E-state index contributed by atoms with van der Waals surface area (Å²) in [6.45, 7) is 0. The summed E-state index contributed by atoms with van der Waals surface area (Å²) in [6, 6.07) is 16.1. The van der Waals surface area contributed by atoms with E-state index in [1.54, 1.807) is 36.4 Å². The zero-order valence-corrected chi connectivity index (χ0v) is 16.2. The van der Waals surface area contributed by atoms with Gasteiger partial charge in [0.15, 0.2) is 0 Å². The fraction of sp³-hybridized carbons (Fsp3) is 0.0870. The number of rotatable bonds is 5. The minimum Gasteiger partial charge on any atom is -0.496 e. The Morgan fingerprint density at radius 3 is 2.29 bits per heavy atom. The number of halogens is 3. The first kappa shape index (κ1) is 20.3. The SMILES string of the molecule is COc1ccccc1-c1[nH]c2ccc(Oc3ccc(C(F)(F)F)cc3)cc2c1C(=O)O. The number of alkyl halides is 3. The zero-order chi connectivity index (χ0) is 22.2. The van der Waals surface area contributed by atoms with Crippen molar-refractivity contribution in [3.05, 3.63) is 77.9 Å². The topological polar surface area (TPSA) is 71.5 Å². The molecular weight excluding hydrogens is 411 g/mol. The predicted molar refractivity (Wildman–Crippen MR) is 109 cm³/mol. The number of aromatic carboxylic acids is 1. The molecule has 1 heterocycles. The van der Waals surface area contributed by atoms with Crippen LogP contribution in [-0.4, -0.2) is 23.2 Å². The lowest BCUT2D eigenvalue weighted by Gasteiger charge is -2.09. The number of fused-ring (bicyclic) bond motifs is 1. The molecule has 3 aromatic carbocycles. The van der Waals surface area contributed by atoms with Crippen LogP contribution in [0.5, 0.6) is 17.2 Å². The summed E-state index contributed by atoms with van der Waals surface area (Å²) in [5.74, 6) is -0.137. The first-order valence-electron chi connectivity index (χ1n) is 9.15. The van der Waals surface area contributed by atoms with E-state index in [4.69, 9.17) is 9.47 Å². The fourth-order valence-corrected chi connectivity index (χ4v) is 3.36. The fourth-order valence-electron chi connectivity index (χ4n) is 3.36. The Kier molecular flexibility index (Phi) is 5.06. The van der Waals surface area contributed by atoms with Crippen molar-refractivity contribution >= 4 is 16.9 Å². The molecule has 31 heavy (non-hydrogen) atoms. The minimum absolute atomic E-state index is 0.0392. The van der Waals surface area contributed by atoms with Gasteiger partial charge in [-0.05, 0) is 54.6 Å². The number of nitrogens with one attached hydrogen (secondary N) is 1. The number of carboxylic acids is 1. The molecule has 0 saturated heterocycles. The lowest BCUT2D eigenvalue weighted by Crippen LogP contribution is -2.03. The molecule has 0 radical (unpaired) electrons. The van der Waals surface area contributed by atoms with E-state index >= 15 is 0 Å². The number of para-hydroxylation sites is 1. The van der Waals surface area contributed by atoms with Crippen molar-refractivity contribution in [3.8, 4) is 28.5 Å². The van der Waals surface area contributed by atoms with E-state index in [1.807, 2.05) is 0 Å². The molecule has 0 spiro atoms. The Morgan fingerprint density at radius 1 is 0.968 bits per heavy atom. The van der Waals surface area contributed by atoms with Gasteiger partial charge in [0.2, 0.25) is 0 Å². The number of aromatic amines is 1. The number of hydrogen-bond donors (Lipinski definition) is 2.